The molecule has 0 bridgehead atoms. The predicted octanol–water partition coefficient (Wildman–Crippen LogP) is 3.72. The molecule has 1 aliphatic heterocycles. The molecule has 1 aromatic rings. The van der Waals surface area contributed by atoms with Crippen LogP contribution in [0.2, 0.25) is 0 Å². The van der Waals surface area contributed by atoms with Gasteiger partial charge in [-0.05, 0) is 30.2 Å². The summed E-state index contributed by atoms with van der Waals surface area (Å²) in [4.78, 5) is 13.6. The van der Waals surface area contributed by atoms with Crippen molar-refractivity contribution in [2.75, 3.05) is 0 Å². The van der Waals surface area contributed by atoms with Crippen molar-refractivity contribution >= 4 is 17.5 Å². The molecule has 2 aliphatic rings. The largest absolute Gasteiger partial charge is 0.289 e. The second-order valence-electron chi connectivity index (χ2n) is 4.08. The van der Waals surface area contributed by atoms with E-state index in [0.717, 1.165) is 30.4 Å². The maximum absolute atomic E-state index is 12.3. The van der Waals surface area contributed by atoms with Crippen LogP contribution in [0.5, 0.6) is 0 Å². The van der Waals surface area contributed by atoms with Crippen molar-refractivity contribution in [1.82, 2.24) is 0 Å². The van der Waals surface area contributed by atoms with Gasteiger partial charge in [0.25, 0.3) is 0 Å². The predicted molar refractivity (Wildman–Crippen MR) is 67.5 cm³/mol. The fourth-order valence-electron chi connectivity index (χ4n) is 2.29. The number of aryl methyl sites for hydroxylation is 1. The molecule has 0 radical (unpaired) electrons. The van der Waals surface area contributed by atoms with Crippen LogP contribution in [0.4, 0.5) is 0 Å². The molecule has 0 spiro atoms. The number of benzene rings is 1. The molecule has 1 aliphatic carbocycles. The van der Waals surface area contributed by atoms with Gasteiger partial charge in [0.2, 0.25) is 0 Å². The van der Waals surface area contributed by atoms with Crippen molar-refractivity contribution in [3.05, 3.63) is 57.4 Å². The Balaban J connectivity index is 2.04. The molecule has 80 valence electrons. The normalized spacial score (nSPS) is 23.6. The van der Waals surface area contributed by atoms with Crippen LogP contribution in [-0.4, -0.2) is 5.78 Å². The highest BCUT2D eigenvalue weighted by Crippen LogP contribution is 2.36. The van der Waals surface area contributed by atoms with Crippen LogP contribution in [-0.2, 0) is 6.42 Å². The zero-order chi connectivity index (χ0) is 11.0. The van der Waals surface area contributed by atoms with Gasteiger partial charge in [-0.15, -0.1) is 11.8 Å². The third-order valence-corrected chi connectivity index (χ3v) is 4.15. The average molecular weight is 228 g/mol. The second kappa shape index (κ2) is 3.95. The van der Waals surface area contributed by atoms with Crippen LogP contribution in [0.3, 0.4) is 0 Å². The van der Waals surface area contributed by atoms with E-state index in [9.17, 15) is 4.79 Å². The first-order chi connectivity index (χ1) is 7.86. The molecule has 0 saturated heterocycles. The number of thioether (sulfide) groups is 1. The van der Waals surface area contributed by atoms with E-state index >= 15 is 0 Å². The SMILES string of the molecule is O=C1/C(=C2/CC=CS2)CCc2ccccc21. The highest BCUT2D eigenvalue weighted by Gasteiger charge is 2.24. The first kappa shape index (κ1) is 9.91. The van der Waals surface area contributed by atoms with Crippen LogP contribution in [0.1, 0.15) is 28.8 Å². The molecular formula is C14H12OS. The van der Waals surface area contributed by atoms with Crippen LogP contribution in [0.25, 0.3) is 0 Å². The van der Waals surface area contributed by atoms with E-state index in [0.29, 0.717) is 0 Å². The number of carbonyl (C=O) groups excluding carboxylic acids is 1. The van der Waals surface area contributed by atoms with Gasteiger partial charge < -0.3 is 0 Å². The Morgan fingerprint density at radius 2 is 2.00 bits per heavy atom. The van der Waals surface area contributed by atoms with E-state index in [4.69, 9.17) is 0 Å². The molecule has 1 aromatic carbocycles. The number of Topliss-reactive ketones (excluding diaryl/α,β-unsaturated/α-hetero) is 1. The zero-order valence-electron chi connectivity index (χ0n) is 8.90. The Labute approximate surface area is 99.2 Å². The molecule has 0 saturated carbocycles. The van der Waals surface area contributed by atoms with Crippen molar-refractivity contribution in [1.29, 1.82) is 0 Å². The second-order valence-corrected chi connectivity index (χ2v) is 5.08. The Morgan fingerprint density at radius 3 is 2.81 bits per heavy atom. The summed E-state index contributed by atoms with van der Waals surface area (Å²) >= 11 is 1.71. The van der Waals surface area contributed by atoms with E-state index < -0.39 is 0 Å². The van der Waals surface area contributed by atoms with Crippen LogP contribution < -0.4 is 0 Å². The van der Waals surface area contributed by atoms with Crippen LogP contribution >= 0.6 is 11.8 Å². The Hall–Kier alpha value is -1.28. The molecule has 1 nitrogen and oxygen atoms in total. The minimum atomic E-state index is 0.244. The highest BCUT2D eigenvalue weighted by atomic mass is 32.2. The molecule has 0 atom stereocenters. The van der Waals surface area contributed by atoms with Crippen molar-refractivity contribution < 1.29 is 4.79 Å². The molecule has 3 rings (SSSR count). The third-order valence-electron chi connectivity index (χ3n) is 3.13. The monoisotopic (exact) mass is 228 g/mol. The van der Waals surface area contributed by atoms with Crippen LogP contribution in [0.15, 0.2) is 46.2 Å². The topological polar surface area (TPSA) is 17.1 Å². The lowest BCUT2D eigenvalue weighted by atomic mass is 9.86. The average Bonchev–Trinajstić information content (AvgIpc) is 2.83. The van der Waals surface area contributed by atoms with Gasteiger partial charge in [0.1, 0.15) is 0 Å². The van der Waals surface area contributed by atoms with Gasteiger partial charge in [-0.2, -0.15) is 0 Å². The number of fused-ring (bicyclic) bond motifs is 1. The molecule has 2 heteroatoms. The van der Waals surface area contributed by atoms with Crippen molar-refractivity contribution in [3.63, 3.8) is 0 Å². The Morgan fingerprint density at radius 1 is 1.12 bits per heavy atom. The highest BCUT2D eigenvalue weighted by molar-refractivity contribution is 8.06. The fraction of sp³-hybridized carbons (Fsp3) is 0.214. The molecular weight excluding hydrogens is 216 g/mol. The summed E-state index contributed by atoms with van der Waals surface area (Å²) in [6, 6.07) is 7.97. The summed E-state index contributed by atoms with van der Waals surface area (Å²) in [6.07, 6.45) is 4.97. The smallest absolute Gasteiger partial charge is 0.190 e. The number of allylic oxidation sites excluding steroid dienone is 3. The Bertz CT molecular complexity index is 501. The van der Waals surface area contributed by atoms with Crippen molar-refractivity contribution in [2.24, 2.45) is 0 Å². The summed E-state index contributed by atoms with van der Waals surface area (Å²) in [5.41, 5.74) is 3.14. The molecule has 0 N–H and O–H groups in total. The van der Waals surface area contributed by atoms with Crippen molar-refractivity contribution in [3.8, 4) is 0 Å². The summed E-state index contributed by atoms with van der Waals surface area (Å²) in [5.74, 6) is 0.244. The number of ketones is 1. The molecule has 0 amide bonds. The number of carbonyl (C=O) groups is 1. The number of hydrogen-bond acceptors (Lipinski definition) is 2. The van der Waals surface area contributed by atoms with Gasteiger partial charge in [-0.3, -0.25) is 4.79 Å². The molecule has 16 heavy (non-hydrogen) atoms. The zero-order valence-corrected chi connectivity index (χ0v) is 9.72. The first-order valence-electron chi connectivity index (χ1n) is 5.52. The maximum Gasteiger partial charge on any atom is 0.190 e. The minimum absolute atomic E-state index is 0.244. The van der Waals surface area contributed by atoms with Crippen molar-refractivity contribution in [2.45, 2.75) is 19.3 Å². The molecule has 0 aromatic heterocycles. The lowest BCUT2D eigenvalue weighted by molar-refractivity contribution is 0.102. The minimum Gasteiger partial charge on any atom is -0.289 e. The summed E-state index contributed by atoms with van der Waals surface area (Å²) in [5, 5.41) is 2.08. The van der Waals surface area contributed by atoms with E-state index in [2.05, 4.69) is 17.6 Å². The molecule has 1 heterocycles. The first-order valence-corrected chi connectivity index (χ1v) is 6.40. The van der Waals surface area contributed by atoms with E-state index in [1.54, 1.807) is 11.8 Å². The third kappa shape index (κ3) is 1.54. The van der Waals surface area contributed by atoms with Crippen LogP contribution in [0, 0.1) is 0 Å². The summed E-state index contributed by atoms with van der Waals surface area (Å²) in [7, 11) is 0. The van der Waals surface area contributed by atoms with Gasteiger partial charge in [0.05, 0.1) is 0 Å². The van der Waals surface area contributed by atoms with Gasteiger partial charge in [0.15, 0.2) is 5.78 Å². The van der Waals surface area contributed by atoms with Gasteiger partial charge >= 0.3 is 0 Å². The lowest BCUT2D eigenvalue weighted by Crippen LogP contribution is -2.15. The maximum atomic E-state index is 12.3. The molecule has 0 fully saturated rings. The summed E-state index contributed by atoms with van der Waals surface area (Å²) in [6.45, 7) is 0. The number of rotatable bonds is 0. The van der Waals surface area contributed by atoms with Gasteiger partial charge in [-0.25, -0.2) is 0 Å². The van der Waals surface area contributed by atoms with E-state index in [1.165, 1.54) is 10.5 Å². The standard InChI is InChI=1S/C14H12OS/c15-14-11-5-2-1-4-10(11)7-8-12(14)13-6-3-9-16-13/h1-5,9H,6-8H2/b13-12-. The number of hydrogen-bond donors (Lipinski definition) is 0. The van der Waals surface area contributed by atoms with Gasteiger partial charge in [-0.1, -0.05) is 30.3 Å². The molecule has 0 unspecified atom stereocenters. The summed E-state index contributed by atoms with van der Waals surface area (Å²) < 4.78 is 0. The van der Waals surface area contributed by atoms with E-state index in [1.807, 2.05) is 18.2 Å². The quantitative estimate of drug-likeness (QED) is 0.629. The fourth-order valence-corrected chi connectivity index (χ4v) is 3.18. The van der Waals surface area contributed by atoms with E-state index in [-0.39, 0.29) is 5.78 Å². The lowest BCUT2D eigenvalue weighted by Gasteiger charge is -2.18. The Kier molecular flexibility index (Phi) is 2.44. The van der Waals surface area contributed by atoms with Gasteiger partial charge in [0, 0.05) is 16.0 Å².